The normalized spacial score (nSPS) is 11.3. The highest BCUT2D eigenvalue weighted by Gasteiger charge is 2.19. The van der Waals surface area contributed by atoms with Crippen LogP contribution in [0.15, 0.2) is 39.8 Å². The summed E-state index contributed by atoms with van der Waals surface area (Å²) in [7, 11) is -3.84. The van der Waals surface area contributed by atoms with E-state index in [4.69, 9.17) is 17.3 Å². The minimum atomic E-state index is -3.84. The van der Waals surface area contributed by atoms with Crippen molar-refractivity contribution >= 4 is 49.1 Å². The molecule has 1 aromatic carbocycles. The van der Waals surface area contributed by atoms with Gasteiger partial charge in [0, 0.05) is 15.7 Å². The predicted molar refractivity (Wildman–Crippen MR) is 83.3 cm³/mol. The number of aryl methyl sites for hydroxylation is 1. The molecule has 0 bridgehead atoms. The molecule has 2 aromatic rings. The summed E-state index contributed by atoms with van der Waals surface area (Å²) >= 11 is 9.07. The van der Waals surface area contributed by atoms with Crippen LogP contribution in [-0.4, -0.2) is 13.4 Å². The van der Waals surface area contributed by atoms with Gasteiger partial charge in [-0.15, -0.1) is 0 Å². The van der Waals surface area contributed by atoms with E-state index in [1.54, 1.807) is 13.0 Å². The van der Waals surface area contributed by atoms with Gasteiger partial charge in [-0.25, -0.2) is 13.4 Å². The first kappa shape index (κ1) is 15.1. The van der Waals surface area contributed by atoms with Crippen molar-refractivity contribution in [1.29, 1.82) is 0 Å². The van der Waals surface area contributed by atoms with Crippen molar-refractivity contribution < 1.29 is 8.42 Å². The van der Waals surface area contributed by atoms with Crippen molar-refractivity contribution in [2.45, 2.75) is 11.8 Å². The molecule has 0 radical (unpaired) electrons. The zero-order valence-electron chi connectivity index (χ0n) is 10.4. The Morgan fingerprint density at radius 2 is 2.05 bits per heavy atom. The monoisotopic (exact) mass is 375 g/mol. The first-order chi connectivity index (χ1) is 9.29. The number of nitrogens with two attached hydrogens (primary N) is 1. The molecule has 0 spiro atoms. The lowest BCUT2D eigenvalue weighted by atomic mass is 10.3. The third-order valence-corrected chi connectivity index (χ3v) is 4.60. The SMILES string of the molecule is Cc1cc(Br)cnc1NS(=O)(=O)c1cc(Cl)ccc1N. The molecule has 20 heavy (non-hydrogen) atoms. The average molecular weight is 377 g/mol. The predicted octanol–water partition coefficient (Wildman–Crippen LogP) is 3.19. The van der Waals surface area contributed by atoms with Crippen molar-refractivity contribution in [2.24, 2.45) is 0 Å². The Labute approximate surface area is 130 Å². The molecule has 1 heterocycles. The number of halogens is 2. The summed E-state index contributed by atoms with van der Waals surface area (Å²) in [5, 5.41) is 0.292. The Bertz CT molecular complexity index is 765. The highest BCUT2D eigenvalue weighted by atomic mass is 79.9. The zero-order valence-corrected chi connectivity index (χ0v) is 13.6. The molecule has 0 atom stereocenters. The number of nitrogens with one attached hydrogen (secondary N) is 1. The Hall–Kier alpha value is -1.31. The van der Waals surface area contributed by atoms with Crippen LogP contribution in [0.1, 0.15) is 5.56 Å². The fourth-order valence-electron chi connectivity index (χ4n) is 1.57. The Balaban J connectivity index is 2.43. The maximum Gasteiger partial charge on any atom is 0.265 e. The van der Waals surface area contributed by atoms with Crippen LogP contribution in [0, 0.1) is 6.92 Å². The fraction of sp³-hybridized carbons (Fsp3) is 0.0833. The van der Waals surface area contributed by atoms with Gasteiger partial charge in [0.15, 0.2) is 0 Å². The highest BCUT2D eigenvalue weighted by Crippen LogP contribution is 2.26. The molecule has 0 amide bonds. The van der Waals surface area contributed by atoms with E-state index in [2.05, 4.69) is 25.6 Å². The maximum atomic E-state index is 12.3. The average Bonchev–Trinajstić information content (AvgIpc) is 2.35. The summed E-state index contributed by atoms with van der Waals surface area (Å²) in [4.78, 5) is 3.95. The number of benzene rings is 1. The second-order valence-electron chi connectivity index (χ2n) is 4.11. The lowest BCUT2D eigenvalue weighted by Crippen LogP contribution is -2.16. The van der Waals surface area contributed by atoms with Gasteiger partial charge < -0.3 is 5.73 Å². The summed E-state index contributed by atoms with van der Waals surface area (Å²) in [5.74, 6) is 0.243. The van der Waals surface area contributed by atoms with Gasteiger partial charge in [0.1, 0.15) is 10.7 Å². The van der Waals surface area contributed by atoms with E-state index >= 15 is 0 Å². The van der Waals surface area contributed by atoms with Gasteiger partial charge in [0.05, 0.1) is 5.69 Å². The van der Waals surface area contributed by atoms with E-state index in [0.29, 0.717) is 10.6 Å². The zero-order chi connectivity index (χ0) is 14.9. The fourth-order valence-corrected chi connectivity index (χ4v) is 3.49. The standard InChI is InChI=1S/C12H11BrClN3O2S/c1-7-4-8(13)6-16-12(7)17-20(18,19)11-5-9(14)2-3-10(11)15/h2-6H,15H2,1H3,(H,16,17). The molecule has 0 fully saturated rings. The van der Waals surface area contributed by atoms with Gasteiger partial charge in [-0.1, -0.05) is 11.6 Å². The molecule has 1 aromatic heterocycles. The van der Waals surface area contributed by atoms with Gasteiger partial charge in [0.2, 0.25) is 0 Å². The Morgan fingerprint density at radius 3 is 2.70 bits per heavy atom. The number of aromatic nitrogens is 1. The lowest BCUT2D eigenvalue weighted by molar-refractivity contribution is 0.601. The second kappa shape index (κ2) is 5.59. The number of pyridine rings is 1. The van der Waals surface area contributed by atoms with Crippen LogP contribution >= 0.6 is 27.5 Å². The van der Waals surface area contributed by atoms with Gasteiger partial charge in [-0.3, -0.25) is 4.72 Å². The number of sulfonamides is 1. The van der Waals surface area contributed by atoms with Crippen molar-refractivity contribution in [1.82, 2.24) is 4.98 Å². The van der Waals surface area contributed by atoms with Gasteiger partial charge >= 0.3 is 0 Å². The second-order valence-corrected chi connectivity index (χ2v) is 7.11. The van der Waals surface area contributed by atoms with Crippen molar-refractivity contribution in [3.63, 3.8) is 0 Å². The van der Waals surface area contributed by atoms with Crippen LogP contribution < -0.4 is 10.5 Å². The first-order valence-corrected chi connectivity index (χ1v) is 8.15. The Kier molecular flexibility index (Phi) is 4.22. The number of nitrogens with zero attached hydrogens (tertiary/aromatic N) is 1. The largest absolute Gasteiger partial charge is 0.398 e. The number of hydrogen-bond acceptors (Lipinski definition) is 4. The Morgan fingerprint density at radius 1 is 1.35 bits per heavy atom. The topological polar surface area (TPSA) is 85.1 Å². The van der Waals surface area contributed by atoms with E-state index < -0.39 is 10.0 Å². The first-order valence-electron chi connectivity index (χ1n) is 5.49. The molecule has 0 aliphatic rings. The molecule has 2 rings (SSSR count). The van der Waals surface area contributed by atoms with Crippen molar-refractivity contribution in [3.8, 4) is 0 Å². The van der Waals surface area contributed by atoms with E-state index in [9.17, 15) is 8.42 Å². The lowest BCUT2D eigenvalue weighted by Gasteiger charge is -2.11. The van der Waals surface area contributed by atoms with E-state index in [0.717, 1.165) is 4.47 Å². The quantitative estimate of drug-likeness (QED) is 0.806. The van der Waals surface area contributed by atoms with E-state index in [1.165, 1.54) is 24.4 Å². The van der Waals surface area contributed by atoms with Gasteiger partial charge in [-0.2, -0.15) is 0 Å². The summed E-state index contributed by atoms with van der Waals surface area (Å²) < 4.78 is 27.8. The summed E-state index contributed by atoms with van der Waals surface area (Å²) in [6.07, 6.45) is 1.51. The smallest absolute Gasteiger partial charge is 0.265 e. The summed E-state index contributed by atoms with van der Waals surface area (Å²) in [5.41, 5.74) is 6.49. The van der Waals surface area contributed by atoms with Crippen molar-refractivity contribution in [3.05, 3.63) is 45.5 Å². The molecule has 106 valence electrons. The van der Waals surface area contributed by atoms with Gasteiger partial charge in [-0.05, 0) is 52.7 Å². The third-order valence-electron chi connectivity index (χ3n) is 2.54. The molecule has 0 saturated carbocycles. The summed E-state index contributed by atoms with van der Waals surface area (Å²) in [6, 6.07) is 6.03. The van der Waals surface area contributed by atoms with Crippen molar-refractivity contribution in [2.75, 3.05) is 10.5 Å². The molecule has 0 aliphatic carbocycles. The molecule has 0 unspecified atom stereocenters. The molecular formula is C12H11BrClN3O2S. The molecule has 5 nitrogen and oxygen atoms in total. The molecule has 3 N–H and O–H groups in total. The minimum Gasteiger partial charge on any atom is -0.398 e. The van der Waals surface area contributed by atoms with Crippen LogP contribution in [0.4, 0.5) is 11.5 Å². The minimum absolute atomic E-state index is 0.0749. The summed E-state index contributed by atoms with van der Waals surface area (Å²) in [6.45, 7) is 1.75. The molecule has 0 aliphatic heterocycles. The number of anilines is 2. The van der Waals surface area contributed by atoms with Crippen LogP contribution in [0.5, 0.6) is 0 Å². The number of rotatable bonds is 3. The maximum absolute atomic E-state index is 12.3. The molecule has 8 heteroatoms. The van der Waals surface area contributed by atoms with Crippen LogP contribution in [0.25, 0.3) is 0 Å². The molecular weight excluding hydrogens is 366 g/mol. The number of hydrogen-bond donors (Lipinski definition) is 2. The number of nitrogen functional groups attached to an aromatic ring is 1. The molecule has 0 saturated heterocycles. The third kappa shape index (κ3) is 3.23. The van der Waals surface area contributed by atoms with Crippen LogP contribution in [0.2, 0.25) is 5.02 Å². The van der Waals surface area contributed by atoms with E-state index in [-0.39, 0.29) is 16.4 Å². The van der Waals surface area contributed by atoms with E-state index in [1.807, 2.05) is 0 Å². The van der Waals surface area contributed by atoms with Crippen LogP contribution in [0.3, 0.4) is 0 Å². The highest BCUT2D eigenvalue weighted by molar-refractivity contribution is 9.10. The van der Waals surface area contributed by atoms with Crippen LogP contribution in [-0.2, 0) is 10.0 Å². The van der Waals surface area contributed by atoms with Gasteiger partial charge in [0.25, 0.3) is 10.0 Å².